The second-order valence-electron chi connectivity index (χ2n) is 4.17. The van der Waals surface area contributed by atoms with E-state index in [1.807, 2.05) is 6.07 Å². The highest BCUT2D eigenvalue weighted by Gasteiger charge is 2.30. The number of nitrogens with two attached hydrogens (primary N) is 1. The fourth-order valence-electron chi connectivity index (χ4n) is 1.81. The van der Waals surface area contributed by atoms with E-state index < -0.39 is 0 Å². The van der Waals surface area contributed by atoms with Gasteiger partial charge in [-0.3, -0.25) is 0 Å². The predicted molar refractivity (Wildman–Crippen MR) is 65.6 cm³/mol. The van der Waals surface area contributed by atoms with E-state index >= 15 is 0 Å². The highest BCUT2D eigenvalue weighted by atomic mass is 16.5. The summed E-state index contributed by atoms with van der Waals surface area (Å²) in [5.41, 5.74) is 7.00. The Balaban J connectivity index is 2.20. The van der Waals surface area contributed by atoms with E-state index in [1.165, 1.54) is 12.8 Å². The molecule has 0 unspecified atom stereocenters. The van der Waals surface area contributed by atoms with E-state index in [0.29, 0.717) is 23.9 Å². The highest BCUT2D eigenvalue weighted by molar-refractivity contribution is 5.65. The lowest BCUT2D eigenvalue weighted by Gasteiger charge is -2.24. The van der Waals surface area contributed by atoms with Crippen molar-refractivity contribution in [2.75, 3.05) is 30.9 Å². The third-order valence-electron chi connectivity index (χ3n) is 2.82. The first-order valence-electron chi connectivity index (χ1n) is 5.67. The minimum absolute atomic E-state index is 0.494. The van der Waals surface area contributed by atoms with Crippen molar-refractivity contribution in [3.63, 3.8) is 0 Å². The Morgan fingerprint density at radius 3 is 2.94 bits per heavy atom. The molecule has 2 N–H and O–H groups in total. The quantitative estimate of drug-likeness (QED) is 0.824. The first kappa shape index (κ1) is 11.7. The van der Waals surface area contributed by atoms with Gasteiger partial charge in [-0.15, -0.1) is 0 Å². The van der Waals surface area contributed by atoms with E-state index in [4.69, 9.17) is 15.7 Å². The lowest BCUT2D eigenvalue weighted by atomic mass is 10.2. The molecule has 1 aliphatic carbocycles. The van der Waals surface area contributed by atoms with E-state index in [9.17, 15) is 0 Å². The van der Waals surface area contributed by atoms with Gasteiger partial charge in [0.1, 0.15) is 6.07 Å². The normalized spacial score (nSPS) is 14.4. The Morgan fingerprint density at radius 1 is 1.65 bits per heavy atom. The van der Waals surface area contributed by atoms with Crippen molar-refractivity contribution in [3.05, 3.63) is 17.8 Å². The van der Waals surface area contributed by atoms with Gasteiger partial charge in [-0.2, -0.15) is 5.26 Å². The van der Waals surface area contributed by atoms with Gasteiger partial charge in [-0.1, -0.05) is 0 Å². The molecule has 17 heavy (non-hydrogen) atoms. The van der Waals surface area contributed by atoms with Crippen molar-refractivity contribution < 1.29 is 4.74 Å². The summed E-state index contributed by atoms with van der Waals surface area (Å²) < 4.78 is 5.09. The Bertz CT molecular complexity index is 437. The van der Waals surface area contributed by atoms with E-state index in [0.717, 1.165) is 12.4 Å². The van der Waals surface area contributed by atoms with Crippen molar-refractivity contribution in [1.82, 2.24) is 4.98 Å². The molecule has 0 radical (unpaired) electrons. The van der Waals surface area contributed by atoms with Crippen molar-refractivity contribution in [1.29, 1.82) is 5.26 Å². The summed E-state index contributed by atoms with van der Waals surface area (Å²) in [5, 5.41) is 8.78. The molecule has 2 rings (SSSR count). The summed E-state index contributed by atoms with van der Waals surface area (Å²) >= 11 is 0. The van der Waals surface area contributed by atoms with Gasteiger partial charge < -0.3 is 15.4 Å². The Hall–Kier alpha value is -1.80. The molecule has 1 aromatic heterocycles. The van der Waals surface area contributed by atoms with Gasteiger partial charge in [-0.05, 0) is 18.9 Å². The number of nitrogen functional groups attached to an aromatic ring is 1. The number of pyridine rings is 1. The number of aromatic nitrogens is 1. The summed E-state index contributed by atoms with van der Waals surface area (Å²) in [4.78, 5) is 6.45. The molecule has 0 saturated heterocycles. The van der Waals surface area contributed by atoms with Crippen LogP contribution in [0.3, 0.4) is 0 Å². The molecule has 5 nitrogen and oxygen atoms in total. The molecular weight excluding hydrogens is 216 g/mol. The van der Waals surface area contributed by atoms with Crippen LogP contribution in [0.2, 0.25) is 0 Å². The molecular formula is C12H16N4O. The van der Waals surface area contributed by atoms with Gasteiger partial charge >= 0.3 is 0 Å². The first-order valence-corrected chi connectivity index (χ1v) is 5.67. The zero-order chi connectivity index (χ0) is 12.3. The van der Waals surface area contributed by atoms with Crippen LogP contribution in [-0.2, 0) is 4.74 Å². The summed E-state index contributed by atoms with van der Waals surface area (Å²) in [6.45, 7) is 1.43. The summed E-state index contributed by atoms with van der Waals surface area (Å²) in [6.07, 6.45) is 3.91. The van der Waals surface area contributed by atoms with Crippen LogP contribution >= 0.6 is 0 Å². The van der Waals surface area contributed by atoms with Gasteiger partial charge in [0.25, 0.3) is 0 Å². The van der Waals surface area contributed by atoms with E-state index in [2.05, 4.69) is 9.88 Å². The lowest BCUT2D eigenvalue weighted by Crippen LogP contribution is -2.31. The van der Waals surface area contributed by atoms with Crippen LogP contribution in [0.15, 0.2) is 12.3 Å². The third-order valence-corrected chi connectivity index (χ3v) is 2.82. The maximum atomic E-state index is 8.78. The number of hydrogen-bond donors (Lipinski definition) is 1. The maximum absolute atomic E-state index is 8.78. The first-order chi connectivity index (χ1) is 8.26. The molecule has 5 heteroatoms. The minimum atomic E-state index is 0.494. The monoisotopic (exact) mass is 232 g/mol. The number of nitriles is 1. The van der Waals surface area contributed by atoms with Crippen LogP contribution in [-0.4, -0.2) is 31.3 Å². The minimum Gasteiger partial charge on any atom is -0.396 e. The molecule has 1 aliphatic rings. The summed E-state index contributed by atoms with van der Waals surface area (Å²) in [5.74, 6) is 0.767. The maximum Gasteiger partial charge on any atom is 0.152 e. The van der Waals surface area contributed by atoms with Crippen molar-refractivity contribution in [3.8, 4) is 6.07 Å². The average Bonchev–Trinajstić information content (AvgIpc) is 3.15. The zero-order valence-corrected chi connectivity index (χ0v) is 9.89. The SMILES string of the molecule is COCCN(c1ncc(C#N)cc1N)C1CC1. The number of methoxy groups -OCH3 is 1. The molecule has 0 spiro atoms. The van der Waals surface area contributed by atoms with E-state index in [-0.39, 0.29) is 0 Å². The fourth-order valence-corrected chi connectivity index (χ4v) is 1.81. The van der Waals surface area contributed by atoms with Crippen LogP contribution in [0.25, 0.3) is 0 Å². The van der Waals surface area contributed by atoms with Crippen LogP contribution < -0.4 is 10.6 Å². The molecule has 1 fully saturated rings. The van der Waals surface area contributed by atoms with Gasteiger partial charge in [0, 0.05) is 25.9 Å². The van der Waals surface area contributed by atoms with Gasteiger partial charge in [0.15, 0.2) is 5.82 Å². The number of nitrogens with zero attached hydrogens (tertiary/aromatic N) is 3. The zero-order valence-electron chi connectivity index (χ0n) is 9.89. The Labute approximate surface area is 101 Å². The summed E-state index contributed by atoms with van der Waals surface area (Å²) in [6, 6.07) is 4.23. The topological polar surface area (TPSA) is 75.2 Å². The fraction of sp³-hybridized carbons (Fsp3) is 0.500. The smallest absolute Gasteiger partial charge is 0.152 e. The standard InChI is InChI=1S/C12H16N4O/c1-17-5-4-16(10-2-3-10)12-11(14)6-9(7-13)8-15-12/h6,8,10H,2-5,14H2,1H3. The molecule has 1 aromatic rings. The lowest BCUT2D eigenvalue weighted by molar-refractivity contribution is 0.205. The van der Waals surface area contributed by atoms with Crippen molar-refractivity contribution in [2.45, 2.75) is 18.9 Å². The highest BCUT2D eigenvalue weighted by Crippen LogP contribution is 2.33. The van der Waals surface area contributed by atoms with Crippen LogP contribution in [0, 0.1) is 11.3 Å². The largest absolute Gasteiger partial charge is 0.396 e. The molecule has 0 aliphatic heterocycles. The van der Waals surface area contributed by atoms with Gasteiger partial charge in [0.2, 0.25) is 0 Å². The molecule has 1 heterocycles. The second kappa shape index (κ2) is 5.02. The average molecular weight is 232 g/mol. The Kier molecular flexibility index (Phi) is 3.45. The molecule has 0 amide bonds. The number of rotatable bonds is 5. The van der Waals surface area contributed by atoms with E-state index in [1.54, 1.807) is 19.4 Å². The number of ether oxygens (including phenoxy) is 1. The molecule has 1 saturated carbocycles. The van der Waals surface area contributed by atoms with Crippen LogP contribution in [0.4, 0.5) is 11.5 Å². The van der Waals surface area contributed by atoms with Gasteiger partial charge in [-0.25, -0.2) is 4.98 Å². The van der Waals surface area contributed by atoms with Crippen LogP contribution in [0.5, 0.6) is 0 Å². The molecule has 0 atom stereocenters. The van der Waals surface area contributed by atoms with Crippen molar-refractivity contribution in [2.24, 2.45) is 0 Å². The second-order valence-corrected chi connectivity index (χ2v) is 4.17. The van der Waals surface area contributed by atoms with Gasteiger partial charge in [0.05, 0.1) is 17.9 Å². The molecule has 0 aromatic carbocycles. The predicted octanol–water partition coefficient (Wildman–Crippen LogP) is 1.15. The third kappa shape index (κ3) is 2.66. The number of hydrogen-bond acceptors (Lipinski definition) is 5. The summed E-state index contributed by atoms with van der Waals surface area (Å²) in [7, 11) is 1.68. The molecule has 90 valence electrons. The number of anilines is 2. The molecule has 0 bridgehead atoms. The Morgan fingerprint density at radius 2 is 2.41 bits per heavy atom. The van der Waals surface area contributed by atoms with Crippen molar-refractivity contribution >= 4 is 11.5 Å². The van der Waals surface area contributed by atoms with Crippen LogP contribution in [0.1, 0.15) is 18.4 Å².